The molecule has 0 aliphatic heterocycles. The van der Waals surface area contributed by atoms with Crippen LogP contribution in [0.2, 0.25) is 0 Å². The summed E-state index contributed by atoms with van der Waals surface area (Å²) in [5.74, 6) is -1.92. The molecular formula is C12H9FN2O4. The molecule has 0 aliphatic rings. The molecule has 0 aliphatic carbocycles. The molecule has 0 bridgehead atoms. The van der Waals surface area contributed by atoms with E-state index in [2.05, 4.69) is 0 Å². The van der Waals surface area contributed by atoms with E-state index in [0.29, 0.717) is 11.3 Å². The molecule has 1 heterocycles. The van der Waals surface area contributed by atoms with Crippen LogP contribution in [0, 0.1) is 12.7 Å². The molecule has 98 valence electrons. The Bertz CT molecular complexity index is 776. The molecule has 6 nitrogen and oxygen atoms in total. The number of carboxylic acid groups (broad SMARTS) is 1. The van der Waals surface area contributed by atoms with Crippen molar-refractivity contribution in [1.29, 1.82) is 0 Å². The first-order valence-corrected chi connectivity index (χ1v) is 5.26. The Morgan fingerprint density at radius 3 is 2.63 bits per heavy atom. The van der Waals surface area contributed by atoms with Crippen LogP contribution in [-0.2, 0) is 0 Å². The zero-order valence-corrected chi connectivity index (χ0v) is 9.81. The maximum absolute atomic E-state index is 13.0. The summed E-state index contributed by atoms with van der Waals surface area (Å²) in [5, 5.41) is 8.85. The summed E-state index contributed by atoms with van der Waals surface area (Å²) < 4.78 is 14.0. The molecule has 0 fully saturated rings. The first-order chi connectivity index (χ1) is 8.90. The summed E-state index contributed by atoms with van der Waals surface area (Å²) in [6, 6.07) is 3.67. The Kier molecular flexibility index (Phi) is 3.04. The molecule has 7 heteroatoms. The highest BCUT2D eigenvalue weighted by Gasteiger charge is 2.13. The number of rotatable bonds is 2. The second-order valence-corrected chi connectivity index (χ2v) is 3.91. The quantitative estimate of drug-likeness (QED) is 0.833. The minimum Gasteiger partial charge on any atom is -0.477 e. The van der Waals surface area contributed by atoms with Crippen molar-refractivity contribution in [3.8, 4) is 5.69 Å². The van der Waals surface area contributed by atoms with Gasteiger partial charge in [0.05, 0.1) is 5.69 Å². The van der Waals surface area contributed by atoms with Gasteiger partial charge in [-0.3, -0.25) is 14.3 Å². The zero-order chi connectivity index (χ0) is 14.2. The molecule has 1 aromatic carbocycles. The minimum absolute atomic E-state index is 0.296. The number of halogens is 1. The first kappa shape index (κ1) is 12.7. The SMILES string of the molecule is Cc1cc(F)ccc1-n1cc(C(=O)O)c(=O)[nH]c1=O. The molecule has 0 radical (unpaired) electrons. The molecule has 0 saturated carbocycles. The van der Waals surface area contributed by atoms with E-state index in [-0.39, 0.29) is 0 Å². The normalized spacial score (nSPS) is 10.4. The number of benzene rings is 1. The highest BCUT2D eigenvalue weighted by molar-refractivity contribution is 5.86. The van der Waals surface area contributed by atoms with Gasteiger partial charge < -0.3 is 5.11 Å². The van der Waals surface area contributed by atoms with Gasteiger partial charge in [-0.15, -0.1) is 0 Å². The Morgan fingerprint density at radius 1 is 1.37 bits per heavy atom. The van der Waals surface area contributed by atoms with Crippen LogP contribution in [-0.4, -0.2) is 20.6 Å². The van der Waals surface area contributed by atoms with Crippen LogP contribution in [0.3, 0.4) is 0 Å². The van der Waals surface area contributed by atoms with Crippen molar-refractivity contribution in [2.45, 2.75) is 6.92 Å². The number of carbonyl (C=O) groups is 1. The van der Waals surface area contributed by atoms with Gasteiger partial charge in [-0.2, -0.15) is 0 Å². The Hall–Kier alpha value is -2.70. The van der Waals surface area contributed by atoms with Gasteiger partial charge >= 0.3 is 11.7 Å². The van der Waals surface area contributed by atoms with Gasteiger partial charge in [0.25, 0.3) is 5.56 Å². The number of aromatic amines is 1. The topological polar surface area (TPSA) is 92.2 Å². The van der Waals surface area contributed by atoms with Crippen molar-refractivity contribution in [2.75, 3.05) is 0 Å². The Morgan fingerprint density at radius 2 is 2.05 bits per heavy atom. The second-order valence-electron chi connectivity index (χ2n) is 3.91. The average molecular weight is 264 g/mol. The standard InChI is InChI=1S/C12H9FN2O4/c1-6-4-7(13)2-3-9(6)15-5-8(11(17)18)10(16)14-12(15)19/h2-5H,1H3,(H,17,18)(H,14,16,19). The summed E-state index contributed by atoms with van der Waals surface area (Å²) >= 11 is 0. The van der Waals surface area contributed by atoms with Gasteiger partial charge in [0, 0.05) is 6.20 Å². The monoisotopic (exact) mass is 264 g/mol. The lowest BCUT2D eigenvalue weighted by Gasteiger charge is -2.09. The maximum atomic E-state index is 13.0. The third-order valence-electron chi connectivity index (χ3n) is 2.59. The number of aromatic nitrogens is 2. The van der Waals surface area contributed by atoms with Crippen LogP contribution in [0.25, 0.3) is 5.69 Å². The van der Waals surface area contributed by atoms with Gasteiger partial charge in [0.2, 0.25) is 0 Å². The lowest BCUT2D eigenvalue weighted by molar-refractivity contribution is 0.0694. The molecule has 2 rings (SSSR count). The van der Waals surface area contributed by atoms with E-state index < -0.39 is 28.6 Å². The highest BCUT2D eigenvalue weighted by Crippen LogP contribution is 2.13. The summed E-state index contributed by atoms with van der Waals surface area (Å²) in [4.78, 5) is 35.7. The third-order valence-corrected chi connectivity index (χ3v) is 2.59. The number of aromatic carboxylic acids is 1. The summed E-state index contributed by atoms with van der Waals surface area (Å²) in [6.45, 7) is 1.57. The van der Waals surface area contributed by atoms with Gasteiger partial charge in [-0.25, -0.2) is 14.0 Å². The number of nitrogens with one attached hydrogen (secondary N) is 1. The number of hydrogen-bond donors (Lipinski definition) is 2. The molecular weight excluding hydrogens is 255 g/mol. The molecule has 0 atom stereocenters. The third kappa shape index (κ3) is 2.30. The van der Waals surface area contributed by atoms with Crippen LogP contribution in [0.1, 0.15) is 15.9 Å². The minimum atomic E-state index is -1.45. The van der Waals surface area contributed by atoms with Gasteiger partial charge in [0.15, 0.2) is 0 Å². The van der Waals surface area contributed by atoms with E-state index in [0.717, 1.165) is 16.8 Å². The number of H-pyrrole nitrogens is 1. The summed E-state index contributed by atoms with van der Waals surface area (Å²) in [5.41, 5.74) is -1.60. The molecule has 1 aromatic heterocycles. The summed E-state index contributed by atoms with van der Waals surface area (Å²) in [7, 11) is 0. The van der Waals surface area contributed by atoms with Crippen molar-refractivity contribution in [3.05, 3.63) is 62.2 Å². The fourth-order valence-corrected chi connectivity index (χ4v) is 1.69. The molecule has 0 spiro atoms. The highest BCUT2D eigenvalue weighted by atomic mass is 19.1. The smallest absolute Gasteiger partial charge is 0.342 e. The molecule has 2 aromatic rings. The van der Waals surface area contributed by atoms with Crippen LogP contribution in [0.15, 0.2) is 34.0 Å². The van der Waals surface area contributed by atoms with Gasteiger partial charge in [-0.05, 0) is 30.7 Å². The van der Waals surface area contributed by atoms with Gasteiger partial charge in [0.1, 0.15) is 11.4 Å². The maximum Gasteiger partial charge on any atom is 0.342 e. The second kappa shape index (κ2) is 4.52. The largest absolute Gasteiger partial charge is 0.477 e. The Labute approximate surface area is 105 Å². The van der Waals surface area contributed by atoms with E-state index >= 15 is 0 Å². The van der Waals surface area contributed by atoms with Crippen molar-refractivity contribution < 1.29 is 14.3 Å². The molecule has 0 saturated heterocycles. The molecule has 19 heavy (non-hydrogen) atoms. The number of carboxylic acids is 1. The van der Waals surface area contributed by atoms with Crippen LogP contribution in [0.5, 0.6) is 0 Å². The lowest BCUT2D eigenvalue weighted by Crippen LogP contribution is -2.32. The number of aryl methyl sites for hydroxylation is 1. The van der Waals surface area contributed by atoms with Crippen molar-refractivity contribution in [2.24, 2.45) is 0 Å². The van der Waals surface area contributed by atoms with E-state index in [1.54, 1.807) is 6.92 Å². The number of nitrogens with zero attached hydrogens (tertiary/aromatic N) is 1. The molecule has 0 unspecified atom stereocenters. The molecule has 2 N–H and O–H groups in total. The predicted octanol–water partition coefficient (Wildman–Crippen LogP) is 0.672. The van der Waals surface area contributed by atoms with Crippen molar-refractivity contribution >= 4 is 5.97 Å². The van der Waals surface area contributed by atoms with Crippen LogP contribution >= 0.6 is 0 Å². The first-order valence-electron chi connectivity index (χ1n) is 5.26. The predicted molar refractivity (Wildman–Crippen MR) is 64.3 cm³/mol. The lowest BCUT2D eigenvalue weighted by atomic mass is 10.2. The van der Waals surface area contributed by atoms with Gasteiger partial charge in [-0.1, -0.05) is 0 Å². The van der Waals surface area contributed by atoms with Crippen molar-refractivity contribution in [3.63, 3.8) is 0 Å². The summed E-state index contributed by atoms with van der Waals surface area (Å²) in [6.07, 6.45) is 0.920. The van der Waals surface area contributed by atoms with E-state index in [1.165, 1.54) is 12.1 Å². The fraction of sp³-hybridized carbons (Fsp3) is 0.0833. The molecule has 0 amide bonds. The van der Waals surface area contributed by atoms with Crippen LogP contribution in [0.4, 0.5) is 4.39 Å². The zero-order valence-electron chi connectivity index (χ0n) is 9.81. The van der Waals surface area contributed by atoms with Crippen LogP contribution < -0.4 is 11.2 Å². The van der Waals surface area contributed by atoms with E-state index in [1.807, 2.05) is 4.98 Å². The average Bonchev–Trinajstić information content (AvgIpc) is 2.30. The van der Waals surface area contributed by atoms with E-state index in [9.17, 15) is 18.8 Å². The van der Waals surface area contributed by atoms with E-state index in [4.69, 9.17) is 5.11 Å². The van der Waals surface area contributed by atoms with Crippen molar-refractivity contribution in [1.82, 2.24) is 9.55 Å². The number of hydrogen-bond acceptors (Lipinski definition) is 3. The fourth-order valence-electron chi connectivity index (χ4n) is 1.69. The Balaban J connectivity index is 2.75.